The minimum absolute atomic E-state index is 0.141. The van der Waals surface area contributed by atoms with Gasteiger partial charge in [-0.2, -0.15) is 0 Å². The van der Waals surface area contributed by atoms with Crippen LogP contribution < -0.4 is 5.73 Å². The van der Waals surface area contributed by atoms with Crippen LogP contribution in [-0.4, -0.2) is 34.7 Å². The van der Waals surface area contributed by atoms with E-state index < -0.39 is 0 Å². The second-order valence-electron chi connectivity index (χ2n) is 4.30. The molecule has 5 heteroatoms. The minimum atomic E-state index is 0.141. The maximum atomic E-state index is 9.01. The number of oxazole rings is 1. The number of aromatic nitrogens is 1. The zero-order chi connectivity index (χ0) is 13.0. The number of rotatable bonds is 6. The van der Waals surface area contributed by atoms with Crippen molar-refractivity contribution in [1.82, 2.24) is 9.88 Å². The summed E-state index contributed by atoms with van der Waals surface area (Å²) in [5, 5.41) is 9.01. The third kappa shape index (κ3) is 2.80. The van der Waals surface area contributed by atoms with Gasteiger partial charge in [-0.05, 0) is 25.1 Å². The molecule has 0 saturated carbocycles. The Morgan fingerprint density at radius 1 is 1.39 bits per heavy atom. The maximum Gasteiger partial charge on any atom is 0.209 e. The number of aliphatic hydroxyl groups is 1. The summed E-state index contributed by atoms with van der Waals surface area (Å²) in [5.41, 5.74) is 7.90. The zero-order valence-electron chi connectivity index (χ0n) is 10.6. The molecular formula is C13H19N3O2. The van der Waals surface area contributed by atoms with E-state index >= 15 is 0 Å². The third-order valence-electron chi connectivity index (χ3n) is 2.81. The van der Waals surface area contributed by atoms with Crippen LogP contribution in [0.25, 0.3) is 11.1 Å². The highest BCUT2D eigenvalue weighted by Crippen LogP contribution is 2.21. The van der Waals surface area contributed by atoms with Gasteiger partial charge in [0.15, 0.2) is 5.58 Å². The van der Waals surface area contributed by atoms with Crippen LogP contribution in [0.1, 0.15) is 19.2 Å². The van der Waals surface area contributed by atoms with Crippen LogP contribution in [-0.2, 0) is 6.54 Å². The van der Waals surface area contributed by atoms with Crippen LogP contribution in [0.3, 0.4) is 0 Å². The van der Waals surface area contributed by atoms with Crippen LogP contribution in [0, 0.1) is 0 Å². The number of nitrogens with zero attached hydrogens (tertiary/aromatic N) is 2. The standard InChI is InChI=1S/C13H19N3O2/c1-2-6-16(7-8-17)9-12-15-13-10(14)4-3-5-11(13)18-12/h3-5,17H,2,6-9,14H2,1H3. The van der Waals surface area contributed by atoms with Crippen molar-refractivity contribution in [3.05, 3.63) is 24.1 Å². The van der Waals surface area contributed by atoms with Crippen LogP contribution in [0.5, 0.6) is 0 Å². The first kappa shape index (κ1) is 12.9. The molecule has 5 nitrogen and oxygen atoms in total. The van der Waals surface area contributed by atoms with Gasteiger partial charge in [0, 0.05) is 6.54 Å². The Morgan fingerprint density at radius 2 is 2.22 bits per heavy atom. The molecule has 0 radical (unpaired) electrons. The SMILES string of the molecule is CCCN(CCO)Cc1nc2c(N)cccc2o1. The summed E-state index contributed by atoms with van der Waals surface area (Å²) in [6.07, 6.45) is 1.03. The summed E-state index contributed by atoms with van der Waals surface area (Å²) in [5.74, 6) is 0.643. The van der Waals surface area contributed by atoms with Gasteiger partial charge < -0.3 is 15.3 Å². The van der Waals surface area contributed by atoms with Crippen LogP contribution in [0.4, 0.5) is 5.69 Å². The van der Waals surface area contributed by atoms with E-state index in [0.29, 0.717) is 35.8 Å². The lowest BCUT2D eigenvalue weighted by molar-refractivity contribution is 0.179. The fourth-order valence-corrected chi connectivity index (χ4v) is 2.00. The molecule has 0 aliphatic carbocycles. The van der Waals surface area contributed by atoms with Crippen molar-refractivity contribution in [3.8, 4) is 0 Å². The van der Waals surface area contributed by atoms with Crippen molar-refractivity contribution in [3.63, 3.8) is 0 Å². The van der Waals surface area contributed by atoms with Crippen molar-refractivity contribution in [2.45, 2.75) is 19.9 Å². The van der Waals surface area contributed by atoms with Crippen LogP contribution in [0.15, 0.2) is 22.6 Å². The summed E-state index contributed by atoms with van der Waals surface area (Å²) < 4.78 is 5.66. The van der Waals surface area contributed by atoms with Gasteiger partial charge in [-0.3, -0.25) is 4.90 Å². The highest BCUT2D eigenvalue weighted by molar-refractivity contribution is 5.85. The summed E-state index contributed by atoms with van der Waals surface area (Å²) in [7, 11) is 0. The number of para-hydroxylation sites is 1. The molecule has 18 heavy (non-hydrogen) atoms. The van der Waals surface area contributed by atoms with Crippen molar-refractivity contribution in [2.75, 3.05) is 25.4 Å². The molecule has 0 saturated heterocycles. The average Bonchev–Trinajstić information content (AvgIpc) is 2.74. The van der Waals surface area contributed by atoms with E-state index in [2.05, 4.69) is 16.8 Å². The number of nitrogen functional groups attached to an aromatic ring is 1. The molecule has 0 spiro atoms. The molecule has 1 heterocycles. The third-order valence-corrected chi connectivity index (χ3v) is 2.81. The fourth-order valence-electron chi connectivity index (χ4n) is 2.00. The van der Waals surface area contributed by atoms with Gasteiger partial charge in [-0.1, -0.05) is 13.0 Å². The molecule has 0 aliphatic rings. The molecule has 0 atom stereocenters. The zero-order valence-corrected chi connectivity index (χ0v) is 10.6. The first-order chi connectivity index (χ1) is 8.74. The predicted octanol–water partition coefficient (Wildman–Crippen LogP) is 1.61. The number of hydrogen-bond acceptors (Lipinski definition) is 5. The average molecular weight is 249 g/mol. The maximum absolute atomic E-state index is 9.01. The van der Waals surface area contributed by atoms with Crippen molar-refractivity contribution in [1.29, 1.82) is 0 Å². The Morgan fingerprint density at radius 3 is 2.89 bits per heavy atom. The van der Waals surface area contributed by atoms with Gasteiger partial charge in [0.25, 0.3) is 0 Å². The molecule has 0 amide bonds. The van der Waals surface area contributed by atoms with Crippen LogP contribution >= 0.6 is 0 Å². The van der Waals surface area contributed by atoms with E-state index in [0.717, 1.165) is 13.0 Å². The minimum Gasteiger partial charge on any atom is -0.439 e. The molecule has 98 valence electrons. The second kappa shape index (κ2) is 5.84. The van der Waals surface area contributed by atoms with E-state index in [1.54, 1.807) is 0 Å². The topological polar surface area (TPSA) is 75.5 Å². The van der Waals surface area contributed by atoms with Gasteiger partial charge in [0.05, 0.1) is 18.8 Å². The molecule has 2 rings (SSSR count). The van der Waals surface area contributed by atoms with Gasteiger partial charge in [-0.25, -0.2) is 4.98 Å². The molecular weight excluding hydrogens is 230 g/mol. The fraction of sp³-hybridized carbons (Fsp3) is 0.462. The largest absolute Gasteiger partial charge is 0.439 e. The molecule has 0 aliphatic heterocycles. The predicted molar refractivity (Wildman–Crippen MR) is 71.1 cm³/mol. The molecule has 2 aromatic rings. The van der Waals surface area contributed by atoms with Crippen molar-refractivity contribution in [2.24, 2.45) is 0 Å². The first-order valence-corrected chi connectivity index (χ1v) is 6.21. The number of hydrogen-bond donors (Lipinski definition) is 2. The summed E-state index contributed by atoms with van der Waals surface area (Å²) in [4.78, 5) is 6.51. The molecule has 0 unspecified atom stereocenters. The Hall–Kier alpha value is -1.59. The van der Waals surface area contributed by atoms with E-state index in [-0.39, 0.29) is 6.61 Å². The first-order valence-electron chi connectivity index (χ1n) is 6.21. The van der Waals surface area contributed by atoms with Gasteiger partial charge in [0.1, 0.15) is 5.52 Å². The highest BCUT2D eigenvalue weighted by Gasteiger charge is 2.11. The Balaban J connectivity index is 2.17. The number of fused-ring (bicyclic) bond motifs is 1. The lowest BCUT2D eigenvalue weighted by Crippen LogP contribution is -2.27. The second-order valence-corrected chi connectivity index (χ2v) is 4.30. The summed E-state index contributed by atoms with van der Waals surface area (Å²) >= 11 is 0. The molecule has 0 bridgehead atoms. The molecule has 1 aromatic heterocycles. The number of anilines is 1. The lowest BCUT2D eigenvalue weighted by Gasteiger charge is -2.17. The van der Waals surface area contributed by atoms with E-state index in [1.807, 2.05) is 18.2 Å². The Kier molecular flexibility index (Phi) is 4.17. The number of benzene rings is 1. The Bertz CT molecular complexity index is 504. The van der Waals surface area contributed by atoms with Crippen LogP contribution in [0.2, 0.25) is 0 Å². The summed E-state index contributed by atoms with van der Waals surface area (Å²) in [6, 6.07) is 5.52. The molecule has 3 N–H and O–H groups in total. The smallest absolute Gasteiger partial charge is 0.209 e. The Labute approximate surface area is 106 Å². The monoisotopic (exact) mass is 249 g/mol. The van der Waals surface area contributed by atoms with E-state index in [4.69, 9.17) is 15.3 Å². The normalized spacial score (nSPS) is 11.5. The number of nitrogens with two attached hydrogens (primary N) is 1. The van der Waals surface area contributed by atoms with Crippen molar-refractivity contribution < 1.29 is 9.52 Å². The van der Waals surface area contributed by atoms with Gasteiger partial charge >= 0.3 is 0 Å². The van der Waals surface area contributed by atoms with E-state index in [1.165, 1.54) is 0 Å². The van der Waals surface area contributed by atoms with E-state index in [9.17, 15) is 0 Å². The lowest BCUT2D eigenvalue weighted by atomic mass is 10.3. The van der Waals surface area contributed by atoms with Gasteiger partial charge in [0.2, 0.25) is 5.89 Å². The highest BCUT2D eigenvalue weighted by atomic mass is 16.3. The molecule has 0 fully saturated rings. The quantitative estimate of drug-likeness (QED) is 0.761. The molecule has 1 aromatic carbocycles. The van der Waals surface area contributed by atoms with Crippen molar-refractivity contribution >= 4 is 16.8 Å². The summed E-state index contributed by atoms with van der Waals surface area (Å²) in [6.45, 7) is 4.39. The number of aliphatic hydroxyl groups excluding tert-OH is 1. The van der Waals surface area contributed by atoms with Gasteiger partial charge in [-0.15, -0.1) is 0 Å².